The molecule has 0 saturated heterocycles. The predicted molar refractivity (Wildman–Crippen MR) is 126 cm³/mol. The third-order valence-corrected chi connectivity index (χ3v) is 5.63. The third kappa shape index (κ3) is 4.01. The van der Waals surface area contributed by atoms with Crippen molar-refractivity contribution >= 4 is 39.8 Å². The summed E-state index contributed by atoms with van der Waals surface area (Å²) in [6.45, 7) is 0. The Labute approximate surface area is 183 Å². The van der Waals surface area contributed by atoms with E-state index in [9.17, 15) is 4.79 Å². The SMILES string of the molecule is O=C(Nc1nc2scc(-c3ccccc3)n2n1)/C(=C\c1ccccc1)c1ccccc1. The highest BCUT2D eigenvalue weighted by Gasteiger charge is 2.17. The minimum absolute atomic E-state index is 0.255. The lowest BCUT2D eigenvalue weighted by Gasteiger charge is -2.07. The highest BCUT2D eigenvalue weighted by atomic mass is 32.1. The molecule has 2 heterocycles. The van der Waals surface area contributed by atoms with Crippen LogP contribution in [0.1, 0.15) is 11.1 Å². The summed E-state index contributed by atoms with van der Waals surface area (Å²) >= 11 is 1.49. The Morgan fingerprint density at radius 1 is 0.871 bits per heavy atom. The quantitative estimate of drug-likeness (QED) is 0.295. The van der Waals surface area contributed by atoms with Gasteiger partial charge in [-0.3, -0.25) is 10.1 Å². The first kappa shape index (κ1) is 19.0. The van der Waals surface area contributed by atoms with Crippen LogP contribution >= 0.6 is 11.3 Å². The van der Waals surface area contributed by atoms with E-state index >= 15 is 0 Å². The van der Waals surface area contributed by atoms with Crippen LogP contribution in [0, 0.1) is 0 Å². The molecule has 5 aromatic rings. The first-order valence-electron chi connectivity index (χ1n) is 9.81. The zero-order valence-corrected chi connectivity index (χ0v) is 17.3. The van der Waals surface area contributed by atoms with E-state index < -0.39 is 0 Å². The molecule has 0 aliphatic heterocycles. The van der Waals surface area contributed by atoms with E-state index in [4.69, 9.17) is 0 Å². The number of aromatic nitrogens is 3. The smallest absolute Gasteiger partial charge is 0.258 e. The van der Waals surface area contributed by atoms with E-state index in [0.717, 1.165) is 27.3 Å². The molecule has 0 aliphatic rings. The summed E-state index contributed by atoms with van der Waals surface area (Å²) in [6, 6.07) is 29.4. The monoisotopic (exact) mass is 422 g/mol. The number of nitrogens with one attached hydrogen (secondary N) is 1. The molecule has 31 heavy (non-hydrogen) atoms. The first-order chi connectivity index (χ1) is 15.3. The van der Waals surface area contributed by atoms with Gasteiger partial charge in [0.25, 0.3) is 11.9 Å². The maximum Gasteiger partial charge on any atom is 0.258 e. The molecule has 0 fully saturated rings. The number of carbonyl (C=O) groups excluding carboxylic acids is 1. The molecule has 0 spiro atoms. The molecule has 3 aromatic carbocycles. The second kappa shape index (κ2) is 8.38. The Morgan fingerprint density at radius 3 is 2.23 bits per heavy atom. The largest absolute Gasteiger partial charge is 0.289 e. The van der Waals surface area contributed by atoms with Crippen molar-refractivity contribution in [3.63, 3.8) is 0 Å². The average Bonchev–Trinajstić information content (AvgIpc) is 3.39. The number of rotatable bonds is 5. The first-order valence-corrected chi connectivity index (χ1v) is 10.7. The molecule has 0 bridgehead atoms. The van der Waals surface area contributed by atoms with E-state index in [2.05, 4.69) is 15.4 Å². The summed E-state index contributed by atoms with van der Waals surface area (Å²) in [4.78, 5) is 18.4. The van der Waals surface area contributed by atoms with Crippen LogP contribution in [-0.4, -0.2) is 20.5 Å². The summed E-state index contributed by atoms with van der Waals surface area (Å²) in [6.07, 6.45) is 1.87. The van der Waals surface area contributed by atoms with Gasteiger partial charge in [0.05, 0.1) is 5.69 Å². The fraction of sp³-hybridized carbons (Fsp3) is 0. The molecular weight excluding hydrogens is 404 g/mol. The number of thiazole rings is 1. The van der Waals surface area contributed by atoms with E-state index in [1.807, 2.05) is 102 Å². The van der Waals surface area contributed by atoms with Gasteiger partial charge in [-0.2, -0.15) is 4.98 Å². The van der Waals surface area contributed by atoms with Crippen molar-refractivity contribution in [2.75, 3.05) is 5.32 Å². The van der Waals surface area contributed by atoms with E-state index in [1.54, 1.807) is 4.52 Å². The summed E-state index contributed by atoms with van der Waals surface area (Å²) < 4.78 is 1.76. The molecular formula is C25H18N4OS. The van der Waals surface area contributed by atoms with Crippen LogP contribution in [0.2, 0.25) is 0 Å². The van der Waals surface area contributed by atoms with Crippen LogP contribution in [0.5, 0.6) is 0 Å². The fourth-order valence-electron chi connectivity index (χ4n) is 3.32. The minimum Gasteiger partial charge on any atom is -0.289 e. The normalized spacial score (nSPS) is 11.5. The van der Waals surface area contributed by atoms with Crippen molar-refractivity contribution in [1.29, 1.82) is 0 Å². The molecule has 0 radical (unpaired) electrons. The van der Waals surface area contributed by atoms with Crippen LogP contribution in [0.4, 0.5) is 5.95 Å². The van der Waals surface area contributed by atoms with Crippen molar-refractivity contribution < 1.29 is 4.79 Å². The van der Waals surface area contributed by atoms with Gasteiger partial charge in [0.15, 0.2) is 0 Å². The van der Waals surface area contributed by atoms with Crippen LogP contribution in [0.3, 0.4) is 0 Å². The Balaban J connectivity index is 1.48. The van der Waals surface area contributed by atoms with E-state index in [-0.39, 0.29) is 11.9 Å². The molecule has 1 N–H and O–H groups in total. The second-order valence-corrected chi connectivity index (χ2v) is 7.74. The molecule has 0 aliphatic carbocycles. The molecule has 150 valence electrons. The number of amides is 1. The zero-order valence-electron chi connectivity index (χ0n) is 16.5. The van der Waals surface area contributed by atoms with Crippen LogP contribution < -0.4 is 5.32 Å². The van der Waals surface area contributed by atoms with Crippen molar-refractivity contribution in [2.45, 2.75) is 0 Å². The number of nitrogens with zero attached hydrogens (tertiary/aromatic N) is 3. The minimum atomic E-state index is -0.255. The van der Waals surface area contributed by atoms with Gasteiger partial charge in [0, 0.05) is 16.5 Å². The summed E-state index contributed by atoms with van der Waals surface area (Å²) in [7, 11) is 0. The molecule has 0 atom stereocenters. The standard InChI is InChI=1S/C25H18N4OS/c30-23(21(19-12-6-2-7-13-19)16-18-10-4-1-5-11-18)26-24-27-25-29(28-24)22(17-31-25)20-14-8-3-9-15-20/h1-17H,(H,26,28,30)/b21-16-. The lowest BCUT2D eigenvalue weighted by Crippen LogP contribution is -2.15. The van der Waals surface area contributed by atoms with Gasteiger partial charge >= 0.3 is 0 Å². The Morgan fingerprint density at radius 2 is 1.52 bits per heavy atom. The Kier molecular flexibility index (Phi) is 5.12. The molecule has 2 aromatic heterocycles. The topological polar surface area (TPSA) is 59.3 Å². The number of fused-ring (bicyclic) bond motifs is 1. The van der Waals surface area contributed by atoms with Crippen molar-refractivity contribution in [3.8, 4) is 11.3 Å². The van der Waals surface area contributed by atoms with Gasteiger partial charge in [-0.15, -0.1) is 16.4 Å². The summed E-state index contributed by atoms with van der Waals surface area (Å²) in [5.74, 6) is 0.0264. The maximum absolute atomic E-state index is 13.2. The number of hydrogen-bond donors (Lipinski definition) is 1. The molecule has 5 rings (SSSR count). The molecule has 0 saturated carbocycles. The van der Waals surface area contributed by atoms with Crippen LogP contribution in [0.15, 0.2) is 96.4 Å². The molecule has 0 unspecified atom stereocenters. The summed E-state index contributed by atoms with van der Waals surface area (Å²) in [5, 5.41) is 9.42. The van der Waals surface area contributed by atoms with E-state index in [1.165, 1.54) is 11.3 Å². The van der Waals surface area contributed by atoms with Crippen LogP contribution in [-0.2, 0) is 4.79 Å². The van der Waals surface area contributed by atoms with E-state index in [0.29, 0.717) is 5.57 Å². The average molecular weight is 423 g/mol. The number of carbonyl (C=O) groups is 1. The molecule has 5 nitrogen and oxygen atoms in total. The van der Waals surface area contributed by atoms with Crippen molar-refractivity contribution in [2.24, 2.45) is 0 Å². The van der Waals surface area contributed by atoms with Crippen molar-refractivity contribution in [1.82, 2.24) is 14.6 Å². The van der Waals surface area contributed by atoms with Gasteiger partial charge in [-0.1, -0.05) is 91.0 Å². The third-order valence-electron chi connectivity index (χ3n) is 4.82. The zero-order chi connectivity index (χ0) is 21.0. The Bertz CT molecular complexity index is 1360. The summed E-state index contributed by atoms with van der Waals surface area (Å²) in [5.41, 5.74) is 4.31. The van der Waals surface area contributed by atoms with Gasteiger partial charge in [-0.05, 0) is 17.2 Å². The number of benzene rings is 3. The number of anilines is 1. The second-order valence-electron chi connectivity index (χ2n) is 6.91. The highest BCUT2D eigenvalue weighted by Crippen LogP contribution is 2.26. The van der Waals surface area contributed by atoms with Crippen molar-refractivity contribution in [3.05, 3.63) is 108 Å². The Hall–Kier alpha value is -4.03. The lowest BCUT2D eigenvalue weighted by atomic mass is 10.0. The van der Waals surface area contributed by atoms with Gasteiger partial charge in [0.2, 0.25) is 4.96 Å². The highest BCUT2D eigenvalue weighted by molar-refractivity contribution is 7.15. The van der Waals surface area contributed by atoms with Gasteiger partial charge in [-0.25, -0.2) is 4.52 Å². The predicted octanol–water partition coefficient (Wildman–Crippen LogP) is 5.64. The fourth-order valence-corrected chi connectivity index (χ4v) is 4.16. The molecule has 1 amide bonds. The van der Waals surface area contributed by atoms with Gasteiger partial charge < -0.3 is 0 Å². The number of hydrogen-bond acceptors (Lipinski definition) is 4. The van der Waals surface area contributed by atoms with Gasteiger partial charge in [0.1, 0.15) is 0 Å². The molecule has 6 heteroatoms. The lowest BCUT2D eigenvalue weighted by molar-refractivity contribution is -0.111. The maximum atomic E-state index is 13.2. The van der Waals surface area contributed by atoms with Crippen LogP contribution in [0.25, 0.3) is 27.9 Å².